The van der Waals surface area contributed by atoms with Gasteiger partial charge in [0, 0.05) is 16.6 Å². The lowest BCUT2D eigenvalue weighted by atomic mass is 10.2. The Bertz CT molecular complexity index is 875. The number of sulfonamides is 1. The maximum absolute atomic E-state index is 13.5. The minimum absolute atomic E-state index is 0.376. The van der Waals surface area contributed by atoms with Crippen molar-refractivity contribution in [1.29, 1.82) is 0 Å². The highest BCUT2D eigenvalue weighted by atomic mass is 32.2. The van der Waals surface area contributed by atoms with E-state index in [9.17, 15) is 12.8 Å². The second-order valence-electron chi connectivity index (χ2n) is 4.07. The van der Waals surface area contributed by atoms with Crippen LogP contribution < -0.4 is 4.72 Å². The molecule has 3 aromatic rings. The maximum atomic E-state index is 13.5. The molecule has 0 radical (unpaired) electrons. The van der Waals surface area contributed by atoms with Crippen LogP contribution in [0.3, 0.4) is 0 Å². The first-order valence-corrected chi connectivity index (χ1v) is 8.03. The predicted octanol–water partition coefficient (Wildman–Crippen LogP) is 3.24. The van der Waals surface area contributed by atoms with Crippen LogP contribution in [0.2, 0.25) is 0 Å². The van der Waals surface area contributed by atoms with Gasteiger partial charge in [0.2, 0.25) is 5.03 Å². The topological polar surface area (TPSA) is 59.1 Å². The summed E-state index contributed by atoms with van der Waals surface area (Å²) in [6, 6.07) is 9.43. The van der Waals surface area contributed by atoms with Crippen LogP contribution in [0, 0.1) is 5.82 Å². The Kier molecular flexibility index (Phi) is 3.15. The van der Waals surface area contributed by atoms with Gasteiger partial charge in [-0.05, 0) is 47.2 Å². The van der Waals surface area contributed by atoms with Gasteiger partial charge in [-0.2, -0.15) is 8.42 Å². The largest absolute Gasteiger partial charge is 0.282 e. The molecule has 0 aliphatic rings. The molecule has 102 valence electrons. The first-order valence-electron chi connectivity index (χ1n) is 5.67. The molecule has 7 heteroatoms. The lowest BCUT2D eigenvalue weighted by Gasteiger charge is -2.07. The van der Waals surface area contributed by atoms with E-state index >= 15 is 0 Å². The molecule has 0 atom stereocenters. The number of hydrogen-bond acceptors (Lipinski definition) is 4. The van der Waals surface area contributed by atoms with Crippen molar-refractivity contribution in [2.75, 3.05) is 4.72 Å². The third-order valence-corrected chi connectivity index (χ3v) is 4.90. The van der Waals surface area contributed by atoms with Crippen molar-refractivity contribution in [3.05, 3.63) is 53.8 Å². The zero-order valence-electron chi connectivity index (χ0n) is 10.1. The lowest BCUT2D eigenvalue weighted by molar-refractivity contribution is 0.557. The van der Waals surface area contributed by atoms with E-state index < -0.39 is 20.9 Å². The van der Waals surface area contributed by atoms with Gasteiger partial charge >= 0.3 is 0 Å². The lowest BCUT2D eigenvalue weighted by Crippen LogP contribution is -2.16. The molecule has 2 aromatic heterocycles. The highest BCUT2D eigenvalue weighted by Gasteiger charge is 2.20. The monoisotopic (exact) mass is 308 g/mol. The molecule has 3 rings (SSSR count). The second-order valence-corrected chi connectivity index (χ2v) is 6.61. The van der Waals surface area contributed by atoms with Crippen LogP contribution in [-0.4, -0.2) is 13.4 Å². The fourth-order valence-corrected chi connectivity index (χ4v) is 3.63. The van der Waals surface area contributed by atoms with Crippen LogP contribution in [0.15, 0.2) is 53.0 Å². The third kappa shape index (κ3) is 2.37. The molecule has 0 saturated heterocycles. The normalized spacial score (nSPS) is 11.7. The molecular formula is C13H9FN2O2S2. The van der Waals surface area contributed by atoms with E-state index in [-0.39, 0.29) is 0 Å². The minimum atomic E-state index is -4.03. The number of pyridine rings is 1. The Balaban J connectivity index is 1.99. The molecule has 1 N–H and O–H groups in total. The van der Waals surface area contributed by atoms with Crippen LogP contribution in [-0.2, 0) is 10.0 Å². The summed E-state index contributed by atoms with van der Waals surface area (Å²) in [4.78, 5) is 3.58. The number of fused-ring (bicyclic) bond motifs is 1. The molecule has 20 heavy (non-hydrogen) atoms. The fourth-order valence-electron chi connectivity index (χ4n) is 1.80. The summed E-state index contributed by atoms with van der Waals surface area (Å²) in [5.41, 5.74) is 0.376. The van der Waals surface area contributed by atoms with Crippen molar-refractivity contribution in [2.24, 2.45) is 0 Å². The van der Waals surface area contributed by atoms with E-state index in [1.165, 1.54) is 12.3 Å². The average molecular weight is 308 g/mol. The van der Waals surface area contributed by atoms with E-state index in [0.717, 1.165) is 16.2 Å². The number of hydrogen-bond donors (Lipinski definition) is 1. The highest BCUT2D eigenvalue weighted by molar-refractivity contribution is 7.92. The van der Waals surface area contributed by atoms with Crippen molar-refractivity contribution in [3.8, 4) is 0 Å². The number of nitrogens with zero attached hydrogens (tertiary/aromatic N) is 1. The Morgan fingerprint density at radius 2 is 2.05 bits per heavy atom. The summed E-state index contributed by atoms with van der Waals surface area (Å²) in [6.07, 6.45) is 1.24. The summed E-state index contributed by atoms with van der Waals surface area (Å²) >= 11 is 1.56. The zero-order chi connectivity index (χ0) is 14.2. The molecule has 1 aromatic carbocycles. The van der Waals surface area contributed by atoms with Gasteiger partial charge in [0.1, 0.15) is 0 Å². The molecule has 0 spiro atoms. The number of benzene rings is 1. The summed E-state index contributed by atoms with van der Waals surface area (Å²) in [5.74, 6) is -0.878. The van der Waals surface area contributed by atoms with Gasteiger partial charge in [0.05, 0.1) is 0 Å². The number of aromatic nitrogens is 1. The van der Waals surface area contributed by atoms with Crippen LogP contribution in [0.4, 0.5) is 10.1 Å². The number of nitrogens with one attached hydrogen (secondary N) is 1. The van der Waals surface area contributed by atoms with Crippen molar-refractivity contribution in [2.45, 2.75) is 5.03 Å². The van der Waals surface area contributed by atoms with Gasteiger partial charge in [0.15, 0.2) is 5.82 Å². The van der Waals surface area contributed by atoms with Gasteiger partial charge in [0.25, 0.3) is 10.0 Å². The molecular weight excluding hydrogens is 299 g/mol. The Morgan fingerprint density at radius 1 is 1.20 bits per heavy atom. The summed E-state index contributed by atoms with van der Waals surface area (Å²) < 4.78 is 41.1. The predicted molar refractivity (Wildman–Crippen MR) is 76.8 cm³/mol. The quantitative estimate of drug-likeness (QED) is 0.808. The van der Waals surface area contributed by atoms with Gasteiger partial charge < -0.3 is 0 Å². The molecule has 0 saturated carbocycles. The number of rotatable bonds is 3. The van der Waals surface area contributed by atoms with Crippen LogP contribution >= 0.6 is 11.3 Å². The Morgan fingerprint density at radius 3 is 2.85 bits per heavy atom. The van der Waals surface area contributed by atoms with E-state index in [4.69, 9.17) is 0 Å². The van der Waals surface area contributed by atoms with Crippen molar-refractivity contribution >= 4 is 37.1 Å². The smallest absolute Gasteiger partial charge is 0.278 e. The van der Waals surface area contributed by atoms with Crippen LogP contribution in [0.25, 0.3) is 10.1 Å². The van der Waals surface area contributed by atoms with Crippen molar-refractivity contribution < 1.29 is 12.8 Å². The second kappa shape index (κ2) is 4.84. The van der Waals surface area contributed by atoms with Crippen molar-refractivity contribution in [3.63, 3.8) is 0 Å². The number of thiophene rings is 1. The molecule has 2 heterocycles. The van der Waals surface area contributed by atoms with E-state index in [1.54, 1.807) is 23.5 Å². The van der Waals surface area contributed by atoms with Gasteiger partial charge in [-0.3, -0.25) is 4.72 Å². The number of halogens is 1. The molecule has 4 nitrogen and oxygen atoms in total. The van der Waals surface area contributed by atoms with Gasteiger partial charge in [-0.15, -0.1) is 11.3 Å². The van der Waals surface area contributed by atoms with Gasteiger partial charge in [-0.25, -0.2) is 9.37 Å². The van der Waals surface area contributed by atoms with E-state index in [0.29, 0.717) is 5.69 Å². The highest BCUT2D eigenvalue weighted by Crippen LogP contribution is 2.25. The summed E-state index contributed by atoms with van der Waals surface area (Å²) in [6.45, 7) is 0. The van der Waals surface area contributed by atoms with Crippen molar-refractivity contribution in [1.82, 2.24) is 4.98 Å². The minimum Gasteiger partial charge on any atom is -0.278 e. The molecule has 0 amide bonds. The van der Waals surface area contributed by atoms with Crippen LogP contribution in [0.5, 0.6) is 0 Å². The van der Waals surface area contributed by atoms with Gasteiger partial charge in [-0.1, -0.05) is 0 Å². The van der Waals surface area contributed by atoms with Crippen LogP contribution in [0.1, 0.15) is 0 Å². The SMILES string of the molecule is O=S(=O)(Nc1ccc2sccc2c1)c1ncccc1F. The molecule has 0 bridgehead atoms. The fraction of sp³-hybridized carbons (Fsp3) is 0. The molecule has 0 fully saturated rings. The van der Waals surface area contributed by atoms with E-state index in [2.05, 4.69) is 9.71 Å². The Hall–Kier alpha value is -1.99. The zero-order valence-corrected chi connectivity index (χ0v) is 11.7. The Labute approximate surface area is 119 Å². The summed E-state index contributed by atoms with van der Waals surface area (Å²) in [7, 11) is -4.03. The standard InChI is InChI=1S/C13H9FN2O2S2/c14-11-2-1-6-15-13(11)20(17,18)16-10-3-4-12-9(8-10)5-7-19-12/h1-8,16H. The molecule has 0 aliphatic carbocycles. The molecule has 0 unspecified atom stereocenters. The third-order valence-electron chi connectivity index (χ3n) is 2.68. The maximum Gasteiger partial charge on any atom is 0.282 e. The molecule has 0 aliphatic heterocycles. The first kappa shape index (κ1) is 13.0. The average Bonchev–Trinajstić information content (AvgIpc) is 2.86. The first-order chi connectivity index (χ1) is 9.56. The van der Waals surface area contributed by atoms with E-state index in [1.807, 2.05) is 17.5 Å². The summed E-state index contributed by atoms with van der Waals surface area (Å²) in [5, 5.41) is 2.24. The number of anilines is 1.